The number of nitrogens with one attached hydrogen (secondary N) is 1. The predicted octanol–water partition coefficient (Wildman–Crippen LogP) is 1.88. The number of carbonyl (C=O) groups is 2. The minimum Gasteiger partial charge on any atom is -0.464 e. The molecule has 0 aromatic carbocycles. The highest BCUT2D eigenvalue weighted by atomic mass is 16.5. The first-order valence-corrected chi connectivity index (χ1v) is 6.03. The number of esters is 1. The second kappa shape index (κ2) is 9.19. The van der Waals surface area contributed by atoms with E-state index in [4.69, 9.17) is 4.74 Å². The van der Waals surface area contributed by atoms with Crippen LogP contribution in [-0.4, -0.2) is 25.0 Å². The summed E-state index contributed by atoms with van der Waals surface area (Å²) < 4.78 is 4.92. The normalized spacial score (nSPS) is 13.9. The molecule has 0 aromatic rings. The Morgan fingerprint density at radius 3 is 2.56 bits per heavy atom. The molecule has 4 nitrogen and oxygen atoms in total. The van der Waals surface area contributed by atoms with Crippen molar-refractivity contribution in [2.75, 3.05) is 6.61 Å². The molecular formula is C12H23NO3. The molecule has 2 unspecified atom stereocenters. The van der Waals surface area contributed by atoms with Crippen LogP contribution in [0.3, 0.4) is 0 Å². The van der Waals surface area contributed by atoms with Gasteiger partial charge in [-0.15, -0.1) is 0 Å². The van der Waals surface area contributed by atoms with Crippen molar-refractivity contribution in [3.8, 4) is 0 Å². The maximum Gasteiger partial charge on any atom is 0.328 e. The molecule has 0 aliphatic heterocycles. The Balaban J connectivity index is 4.16. The van der Waals surface area contributed by atoms with Gasteiger partial charge in [-0.2, -0.15) is 0 Å². The van der Waals surface area contributed by atoms with Gasteiger partial charge in [0.25, 0.3) is 0 Å². The smallest absolute Gasteiger partial charge is 0.328 e. The van der Waals surface area contributed by atoms with E-state index in [-0.39, 0.29) is 11.9 Å². The number of amides is 1. The van der Waals surface area contributed by atoms with Crippen LogP contribution in [0.25, 0.3) is 0 Å². The standard InChI is InChI=1S/C12H23NO3/c1-4-6-7-8-10(3)11(13-9-14)12(15)16-5-2/h9-11H,4-8H2,1-3H3,(H,13,14). The molecule has 2 atom stereocenters. The second-order valence-electron chi connectivity index (χ2n) is 3.99. The van der Waals surface area contributed by atoms with Crippen molar-refractivity contribution >= 4 is 12.4 Å². The molecule has 1 amide bonds. The molecule has 0 radical (unpaired) electrons. The third-order valence-corrected chi connectivity index (χ3v) is 2.62. The Labute approximate surface area is 97.7 Å². The van der Waals surface area contributed by atoms with E-state index in [0.29, 0.717) is 13.0 Å². The second-order valence-corrected chi connectivity index (χ2v) is 3.99. The molecule has 1 N–H and O–H groups in total. The first-order chi connectivity index (χ1) is 7.67. The highest BCUT2D eigenvalue weighted by Crippen LogP contribution is 2.14. The fourth-order valence-corrected chi connectivity index (χ4v) is 1.65. The van der Waals surface area contributed by atoms with Crippen molar-refractivity contribution in [1.29, 1.82) is 0 Å². The zero-order chi connectivity index (χ0) is 12.4. The van der Waals surface area contributed by atoms with E-state index in [1.165, 1.54) is 0 Å². The van der Waals surface area contributed by atoms with Crippen molar-refractivity contribution in [3.63, 3.8) is 0 Å². The van der Waals surface area contributed by atoms with Gasteiger partial charge in [-0.1, -0.05) is 33.1 Å². The molecule has 0 saturated heterocycles. The SMILES string of the molecule is CCCCCC(C)C(NC=O)C(=O)OCC. The van der Waals surface area contributed by atoms with Crippen LogP contribution in [-0.2, 0) is 14.3 Å². The zero-order valence-electron chi connectivity index (χ0n) is 10.5. The average molecular weight is 229 g/mol. The van der Waals surface area contributed by atoms with Gasteiger partial charge >= 0.3 is 5.97 Å². The lowest BCUT2D eigenvalue weighted by molar-refractivity contribution is -0.148. The third kappa shape index (κ3) is 5.73. The molecule has 0 bridgehead atoms. The van der Waals surface area contributed by atoms with Gasteiger partial charge in [-0.3, -0.25) is 4.79 Å². The van der Waals surface area contributed by atoms with Gasteiger partial charge < -0.3 is 10.1 Å². The Morgan fingerprint density at radius 2 is 2.06 bits per heavy atom. The van der Waals surface area contributed by atoms with Crippen LogP contribution in [0.4, 0.5) is 0 Å². The van der Waals surface area contributed by atoms with Crippen molar-refractivity contribution in [3.05, 3.63) is 0 Å². The highest BCUT2D eigenvalue weighted by Gasteiger charge is 2.25. The molecule has 94 valence electrons. The fraction of sp³-hybridized carbons (Fsp3) is 0.833. The van der Waals surface area contributed by atoms with Crippen LogP contribution in [0.5, 0.6) is 0 Å². The molecule has 0 aromatic heterocycles. The van der Waals surface area contributed by atoms with Crippen LogP contribution in [0.2, 0.25) is 0 Å². The number of ether oxygens (including phenoxy) is 1. The summed E-state index contributed by atoms with van der Waals surface area (Å²) >= 11 is 0. The van der Waals surface area contributed by atoms with E-state index in [9.17, 15) is 9.59 Å². The van der Waals surface area contributed by atoms with Gasteiger partial charge in [0.2, 0.25) is 6.41 Å². The molecule has 0 aliphatic rings. The maximum atomic E-state index is 11.6. The van der Waals surface area contributed by atoms with Gasteiger partial charge in [0.1, 0.15) is 6.04 Å². The van der Waals surface area contributed by atoms with Crippen LogP contribution in [0.15, 0.2) is 0 Å². The van der Waals surface area contributed by atoms with Crippen LogP contribution >= 0.6 is 0 Å². The van der Waals surface area contributed by atoms with Crippen LogP contribution in [0, 0.1) is 5.92 Å². The van der Waals surface area contributed by atoms with E-state index in [2.05, 4.69) is 12.2 Å². The summed E-state index contributed by atoms with van der Waals surface area (Å²) in [6.07, 6.45) is 4.88. The summed E-state index contributed by atoms with van der Waals surface area (Å²) in [5.41, 5.74) is 0. The topological polar surface area (TPSA) is 55.4 Å². The van der Waals surface area contributed by atoms with E-state index in [1.54, 1.807) is 6.92 Å². The van der Waals surface area contributed by atoms with E-state index in [1.807, 2.05) is 6.92 Å². The molecule has 0 aliphatic carbocycles. The minimum atomic E-state index is -0.505. The lowest BCUT2D eigenvalue weighted by Gasteiger charge is -2.21. The van der Waals surface area contributed by atoms with Crippen molar-refractivity contribution in [2.45, 2.75) is 52.5 Å². The number of unbranched alkanes of at least 4 members (excludes halogenated alkanes) is 2. The average Bonchev–Trinajstić information content (AvgIpc) is 2.26. The Bertz CT molecular complexity index is 206. The Kier molecular flexibility index (Phi) is 8.58. The number of hydrogen-bond acceptors (Lipinski definition) is 3. The summed E-state index contributed by atoms with van der Waals surface area (Å²) in [7, 11) is 0. The van der Waals surface area contributed by atoms with Crippen LogP contribution < -0.4 is 5.32 Å². The predicted molar refractivity (Wildman–Crippen MR) is 62.9 cm³/mol. The molecule has 0 fully saturated rings. The summed E-state index contributed by atoms with van der Waals surface area (Å²) in [4.78, 5) is 22.0. The first kappa shape index (κ1) is 14.9. The quantitative estimate of drug-likeness (QED) is 0.373. The lowest BCUT2D eigenvalue weighted by atomic mass is 9.95. The number of rotatable bonds is 9. The maximum absolute atomic E-state index is 11.6. The number of hydrogen-bond donors (Lipinski definition) is 1. The van der Waals surface area contributed by atoms with E-state index >= 15 is 0 Å². The minimum absolute atomic E-state index is 0.121. The first-order valence-electron chi connectivity index (χ1n) is 6.03. The summed E-state index contributed by atoms with van der Waals surface area (Å²) in [6, 6.07) is -0.505. The highest BCUT2D eigenvalue weighted by molar-refractivity contribution is 5.78. The molecular weight excluding hydrogens is 206 g/mol. The van der Waals surface area contributed by atoms with Crippen molar-refractivity contribution in [1.82, 2.24) is 5.32 Å². The summed E-state index contributed by atoms with van der Waals surface area (Å²) in [5, 5.41) is 2.54. The van der Waals surface area contributed by atoms with Gasteiger partial charge in [-0.25, -0.2) is 4.79 Å². The summed E-state index contributed by atoms with van der Waals surface area (Å²) in [6.45, 7) is 6.21. The van der Waals surface area contributed by atoms with Crippen molar-refractivity contribution in [2.24, 2.45) is 5.92 Å². The van der Waals surface area contributed by atoms with E-state index < -0.39 is 6.04 Å². The van der Waals surface area contributed by atoms with E-state index in [0.717, 1.165) is 25.7 Å². The largest absolute Gasteiger partial charge is 0.464 e. The molecule has 0 spiro atoms. The molecule has 4 heteroatoms. The van der Waals surface area contributed by atoms with Gasteiger partial charge in [0.05, 0.1) is 6.61 Å². The monoisotopic (exact) mass is 229 g/mol. The number of carbonyl (C=O) groups excluding carboxylic acids is 2. The van der Waals surface area contributed by atoms with Gasteiger partial charge in [0, 0.05) is 0 Å². The molecule has 0 saturated carbocycles. The fourth-order valence-electron chi connectivity index (χ4n) is 1.65. The molecule has 16 heavy (non-hydrogen) atoms. The van der Waals surface area contributed by atoms with Crippen LogP contribution in [0.1, 0.15) is 46.5 Å². The zero-order valence-corrected chi connectivity index (χ0v) is 10.5. The van der Waals surface area contributed by atoms with Gasteiger partial charge in [0.15, 0.2) is 0 Å². The Morgan fingerprint density at radius 1 is 1.38 bits per heavy atom. The Hall–Kier alpha value is -1.06. The molecule has 0 heterocycles. The third-order valence-electron chi connectivity index (χ3n) is 2.62. The van der Waals surface area contributed by atoms with Gasteiger partial charge in [-0.05, 0) is 19.3 Å². The lowest BCUT2D eigenvalue weighted by Crippen LogP contribution is -2.42. The van der Waals surface area contributed by atoms with Crippen molar-refractivity contribution < 1.29 is 14.3 Å². The summed E-state index contributed by atoms with van der Waals surface area (Å²) in [5.74, 6) is -0.214. The molecule has 0 rings (SSSR count).